The van der Waals surface area contributed by atoms with Gasteiger partial charge in [0, 0.05) is 31.1 Å². The molecule has 0 atom stereocenters. The van der Waals surface area contributed by atoms with Gasteiger partial charge in [0.05, 0.1) is 14.2 Å². The monoisotopic (exact) mass is 371 g/mol. The molecule has 0 fully saturated rings. The maximum Gasteiger partial charge on any atom is 0.227 e. The summed E-state index contributed by atoms with van der Waals surface area (Å²) in [7, 11) is 3.17. The molecule has 2 N–H and O–H groups in total. The number of methoxy groups -OCH3 is 2. The highest BCUT2D eigenvalue weighted by Gasteiger charge is 2.08. The van der Waals surface area contributed by atoms with Crippen LogP contribution < -0.4 is 20.1 Å². The third kappa shape index (κ3) is 6.97. The van der Waals surface area contributed by atoms with Crippen molar-refractivity contribution >= 4 is 17.6 Å². The Kier molecular flexibility index (Phi) is 7.61. The normalized spacial score (nSPS) is 10.2. The van der Waals surface area contributed by atoms with E-state index < -0.39 is 0 Å². The minimum Gasteiger partial charge on any atom is -0.497 e. The number of hydrogen-bond acceptors (Lipinski definition) is 5. The van der Waals surface area contributed by atoms with E-state index in [0.29, 0.717) is 30.2 Å². The van der Waals surface area contributed by atoms with Crippen molar-refractivity contribution in [1.82, 2.24) is 10.3 Å². The number of aromatic nitrogens is 1. The van der Waals surface area contributed by atoms with Gasteiger partial charge in [0.1, 0.15) is 17.3 Å². The minimum atomic E-state index is -0.189. The van der Waals surface area contributed by atoms with E-state index >= 15 is 0 Å². The van der Waals surface area contributed by atoms with Crippen LogP contribution in [0.4, 0.5) is 5.82 Å². The first-order valence-corrected chi connectivity index (χ1v) is 8.72. The molecule has 0 aliphatic carbocycles. The smallest absolute Gasteiger partial charge is 0.227 e. The van der Waals surface area contributed by atoms with Crippen LogP contribution in [0.2, 0.25) is 0 Å². The second-order valence-corrected chi connectivity index (χ2v) is 6.03. The lowest BCUT2D eigenvalue weighted by molar-refractivity contribution is -0.121. The topological polar surface area (TPSA) is 89.5 Å². The number of benzene rings is 1. The number of pyridine rings is 1. The number of ether oxygens (including phenoxy) is 2. The number of amides is 2. The Balaban J connectivity index is 1.72. The molecule has 0 saturated heterocycles. The Bertz CT molecular complexity index is 770. The number of anilines is 1. The molecule has 2 amide bonds. The van der Waals surface area contributed by atoms with Crippen LogP contribution in [0.25, 0.3) is 0 Å². The number of aryl methyl sites for hydroxylation is 2. The molecule has 0 bridgehead atoms. The third-order valence-electron chi connectivity index (χ3n) is 3.88. The predicted molar refractivity (Wildman–Crippen MR) is 103 cm³/mol. The molecule has 7 nitrogen and oxygen atoms in total. The van der Waals surface area contributed by atoms with E-state index in [9.17, 15) is 9.59 Å². The van der Waals surface area contributed by atoms with E-state index in [2.05, 4.69) is 15.6 Å². The molecule has 0 unspecified atom stereocenters. The van der Waals surface area contributed by atoms with Crippen molar-refractivity contribution in [1.29, 1.82) is 0 Å². The molecular weight excluding hydrogens is 346 g/mol. The molecule has 0 saturated carbocycles. The average molecular weight is 371 g/mol. The van der Waals surface area contributed by atoms with Gasteiger partial charge in [-0.15, -0.1) is 0 Å². The number of hydrogen-bond donors (Lipinski definition) is 2. The standard InChI is InChI=1S/C20H25N3O4/c1-14-5-4-6-18(22-14)23-20(25)9-10-21-19(24)8-7-15-11-16(26-2)13-17(12-15)27-3/h4-6,11-13H,7-10H2,1-3H3,(H,21,24)(H,22,23,25). The first-order valence-electron chi connectivity index (χ1n) is 8.72. The fraction of sp³-hybridized carbons (Fsp3) is 0.350. The first-order chi connectivity index (χ1) is 13.0. The first kappa shape index (κ1) is 20.2. The van der Waals surface area contributed by atoms with Crippen LogP contribution in [0.3, 0.4) is 0 Å². The Morgan fingerprint density at radius 2 is 1.70 bits per heavy atom. The van der Waals surface area contributed by atoms with E-state index in [1.807, 2.05) is 31.2 Å². The van der Waals surface area contributed by atoms with Gasteiger partial charge in [0.2, 0.25) is 11.8 Å². The van der Waals surface area contributed by atoms with Crippen molar-refractivity contribution in [2.24, 2.45) is 0 Å². The Hall–Kier alpha value is -3.09. The molecule has 1 heterocycles. The molecule has 0 aliphatic rings. The second-order valence-electron chi connectivity index (χ2n) is 6.03. The maximum atomic E-state index is 12.0. The number of carbonyl (C=O) groups is 2. The van der Waals surface area contributed by atoms with Gasteiger partial charge in [-0.25, -0.2) is 4.98 Å². The molecular formula is C20H25N3O4. The highest BCUT2D eigenvalue weighted by Crippen LogP contribution is 2.23. The van der Waals surface area contributed by atoms with Crippen LogP contribution in [-0.2, 0) is 16.0 Å². The van der Waals surface area contributed by atoms with Gasteiger partial charge in [-0.05, 0) is 43.2 Å². The summed E-state index contributed by atoms with van der Waals surface area (Å²) in [5.41, 5.74) is 1.78. The number of rotatable bonds is 9. The fourth-order valence-electron chi connectivity index (χ4n) is 2.49. The summed E-state index contributed by atoms with van der Waals surface area (Å²) in [5.74, 6) is 1.58. The number of nitrogens with zero attached hydrogens (tertiary/aromatic N) is 1. The number of nitrogens with one attached hydrogen (secondary N) is 2. The highest BCUT2D eigenvalue weighted by atomic mass is 16.5. The summed E-state index contributed by atoms with van der Waals surface area (Å²) in [6.45, 7) is 2.13. The molecule has 2 aromatic rings. The Labute approximate surface area is 159 Å². The van der Waals surface area contributed by atoms with Crippen LogP contribution in [0.1, 0.15) is 24.1 Å². The van der Waals surface area contributed by atoms with Crippen LogP contribution in [0, 0.1) is 6.92 Å². The zero-order chi connectivity index (χ0) is 19.6. The van der Waals surface area contributed by atoms with Crippen molar-refractivity contribution < 1.29 is 19.1 Å². The Morgan fingerprint density at radius 3 is 2.33 bits per heavy atom. The molecule has 27 heavy (non-hydrogen) atoms. The van der Waals surface area contributed by atoms with E-state index in [4.69, 9.17) is 9.47 Å². The maximum absolute atomic E-state index is 12.0. The minimum absolute atomic E-state index is 0.113. The van der Waals surface area contributed by atoms with Gasteiger partial charge in [0.15, 0.2) is 0 Å². The molecule has 0 spiro atoms. The van der Waals surface area contributed by atoms with Gasteiger partial charge in [-0.1, -0.05) is 6.07 Å². The van der Waals surface area contributed by atoms with E-state index in [-0.39, 0.29) is 24.8 Å². The molecule has 0 aliphatic heterocycles. The zero-order valence-electron chi connectivity index (χ0n) is 15.9. The zero-order valence-corrected chi connectivity index (χ0v) is 15.9. The molecule has 1 aromatic heterocycles. The van der Waals surface area contributed by atoms with Crippen molar-refractivity contribution in [2.75, 3.05) is 26.1 Å². The van der Waals surface area contributed by atoms with Crippen molar-refractivity contribution in [2.45, 2.75) is 26.2 Å². The third-order valence-corrected chi connectivity index (χ3v) is 3.88. The number of carbonyl (C=O) groups excluding carboxylic acids is 2. The van der Waals surface area contributed by atoms with Gasteiger partial charge in [0.25, 0.3) is 0 Å². The largest absolute Gasteiger partial charge is 0.497 e. The molecule has 0 radical (unpaired) electrons. The molecule has 7 heteroatoms. The van der Waals surface area contributed by atoms with E-state index in [1.165, 1.54) is 0 Å². The molecule has 1 aromatic carbocycles. The van der Waals surface area contributed by atoms with Gasteiger partial charge in [-0.2, -0.15) is 0 Å². The van der Waals surface area contributed by atoms with Gasteiger partial charge in [-0.3, -0.25) is 9.59 Å². The lowest BCUT2D eigenvalue weighted by atomic mass is 10.1. The van der Waals surface area contributed by atoms with Crippen molar-refractivity contribution in [3.05, 3.63) is 47.7 Å². The lowest BCUT2D eigenvalue weighted by Gasteiger charge is -2.09. The highest BCUT2D eigenvalue weighted by molar-refractivity contribution is 5.90. The average Bonchev–Trinajstić information content (AvgIpc) is 2.66. The Morgan fingerprint density at radius 1 is 1.00 bits per heavy atom. The summed E-state index contributed by atoms with van der Waals surface area (Å²) in [6.07, 6.45) is 1.06. The summed E-state index contributed by atoms with van der Waals surface area (Å²) < 4.78 is 10.4. The summed E-state index contributed by atoms with van der Waals surface area (Å²) in [6, 6.07) is 10.9. The van der Waals surface area contributed by atoms with Gasteiger partial charge >= 0.3 is 0 Å². The van der Waals surface area contributed by atoms with E-state index in [0.717, 1.165) is 11.3 Å². The summed E-state index contributed by atoms with van der Waals surface area (Å²) in [4.78, 5) is 28.1. The fourth-order valence-corrected chi connectivity index (χ4v) is 2.49. The SMILES string of the molecule is COc1cc(CCC(=O)NCCC(=O)Nc2cccc(C)n2)cc(OC)c1. The quantitative estimate of drug-likeness (QED) is 0.707. The van der Waals surface area contributed by atoms with E-state index in [1.54, 1.807) is 26.4 Å². The second kappa shape index (κ2) is 10.2. The van der Waals surface area contributed by atoms with Crippen LogP contribution in [-0.4, -0.2) is 37.6 Å². The van der Waals surface area contributed by atoms with Crippen molar-refractivity contribution in [3.8, 4) is 11.5 Å². The lowest BCUT2D eigenvalue weighted by Crippen LogP contribution is -2.28. The molecule has 2 rings (SSSR count). The summed E-state index contributed by atoms with van der Waals surface area (Å²) in [5, 5.41) is 5.47. The van der Waals surface area contributed by atoms with Gasteiger partial charge < -0.3 is 20.1 Å². The van der Waals surface area contributed by atoms with Crippen LogP contribution >= 0.6 is 0 Å². The summed E-state index contributed by atoms with van der Waals surface area (Å²) >= 11 is 0. The van der Waals surface area contributed by atoms with Crippen molar-refractivity contribution in [3.63, 3.8) is 0 Å². The predicted octanol–water partition coefficient (Wildman–Crippen LogP) is 2.48. The van der Waals surface area contributed by atoms with Crippen LogP contribution in [0.15, 0.2) is 36.4 Å². The van der Waals surface area contributed by atoms with Crippen LogP contribution in [0.5, 0.6) is 11.5 Å². The molecule has 144 valence electrons.